The quantitative estimate of drug-likeness (QED) is 0.878. The monoisotopic (exact) mass is 273 g/mol. The van der Waals surface area contributed by atoms with Crippen LogP contribution in [0, 0.1) is 13.8 Å². The molecule has 1 N–H and O–H groups in total. The molecule has 0 fully saturated rings. The average molecular weight is 273 g/mol. The zero-order valence-corrected chi connectivity index (χ0v) is 12.7. The Balaban J connectivity index is 2.42. The van der Waals surface area contributed by atoms with E-state index in [-0.39, 0.29) is 6.04 Å². The zero-order valence-electron chi connectivity index (χ0n) is 12.7. The topological polar surface area (TPSA) is 55.6 Å². The highest BCUT2D eigenvalue weighted by Gasteiger charge is 2.20. The van der Waals surface area contributed by atoms with Crippen LogP contribution in [0.25, 0.3) is 0 Å². The van der Waals surface area contributed by atoms with Crippen molar-refractivity contribution in [2.24, 2.45) is 0 Å². The number of nitrogens with zero attached hydrogens (tertiary/aromatic N) is 4. The van der Waals surface area contributed by atoms with E-state index < -0.39 is 0 Å². The van der Waals surface area contributed by atoms with Crippen LogP contribution in [0.3, 0.4) is 0 Å². The number of hydrogen-bond acceptors (Lipinski definition) is 4. The SMILES string of the molecule is CCCn1nncc1C(NCC)c1ccc(C)nc1C. The minimum Gasteiger partial charge on any atom is -0.305 e. The van der Waals surface area contributed by atoms with Crippen molar-refractivity contribution >= 4 is 0 Å². The van der Waals surface area contributed by atoms with Crippen molar-refractivity contribution in [3.63, 3.8) is 0 Å². The van der Waals surface area contributed by atoms with E-state index >= 15 is 0 Å². The summed E-state index contributed by atoms with van der Waals surface area (Å²) in [5.41, 5.74) is 4.39. The van der Waals surface area contributed by atoms with E-state index in [0.717, 1.165) is 36.6 Å². The first-order chi connectivity index (χ1) is 9.67. The molecule has 0 saturated carbocycles. The van der Waals surface area contributed by atoms with E-state index in [1.54, 1.807) is 0 Å². The molecule has 0 amide bonds. The van der Waals surface area contributed by atoms with Gasteiger partial charge in [0.15, 0.2) is 0 Å². The lowest BCUT2D eigenvalue weighted by molar-refractivity contribution is 0.510. The Morgan fingerprint density at radius 1 is 1.25 bits per heavy atom. The molecule has 0 aromatic carbocycles. The molecule has 2 aromatic heterocycles. The van der Waals surface area contributed by atoms with Gasteiger partial charge in [0.25, 0.3) is 0 Å². The summed E-state index contributed by atoms with van der Waals surface area (Å²) >= 11 is 0. The van der Waals surface area contributed by atoms with Gasteiger partial charge in [0.2, 0.25) is 0 Å². The molecule has 1 atom stereocenters. The Morgan fingerprint density at radius 3 is 2.70 bits per heavy atom. The van der Waals surface area contributed by atoms with Gasteiger partial charge < -0.3 is 5.32 Å². The molecule has 0 saturated heterocycles. The molecule has 2 aromatic rings. The zero-order chi connectivity index (χ0) is 14.5. The van der Waals surface area contributed by atoms with Gasteiger partial charge in [-0.05, 0) is 38.4 Å². The predicted octanol–water partition coefficient (Wildman–Crippen LogP) is 2.40. The standard InChI is InChI=1S/C15H23N5/c1-5-9-20-14(10-17-19-20)15(16-6-2)13-8-7-11(3)18-12(13)4/h7-8,10,15-16H,5-6,9H2,1-4H3. The van der Waals surface area contributed by atoms with Crippen LogP contribution >= 0.6 is 0 Å². The summed E-state index contributed by atoms with van der Waals surface area (Å²) in [7, 11) is 0. The smallest absolute Gasteiger partial charge is 0.0802 e. The van der Waals surface area contributed by atoms with Crippen LogP contribution < -0.4 is 5.32 Å². The number of pyridine rings is 1. The molecule has 0 spiro atoms. The van der Waals surface area contributed by atoms with E-state index in [9.17, 15) is 0 Å². The summed E-state index contributed by atoms with van der Waals surface area (Å²) in [6.45, 7) is 10.1. The highest BCUT2D eigenvalue weighted by molar-refractivity contribution is 5.31. The van der Waals surface area contributed by atoms with Crippen LogP contribution in [0.15, 0.2) is 18.3 Å². The molecule has 2 rings (SSSR count). The molecular weight excluding hydrogens is 250 g/mol. The van der Waals surface area contributed by atoms with Gasteiger partial charge in [-0.3, -0.25) is 4.98 Å². The normalized spacial score (nSPS) is 12.6. The summed E-state index contributed by atoms with van der Waals surface area (Å²) in [5.74, 6) is 0. The molecule has 0 aliphatic heterocycles. The third kappa shape index (κ3) is 3.04. The maximum Gasteiger partial charge on any atom is 0.0802 e. The van der Waals surface area contributed by atoms with Crippen molar-refractivity contribution < 1.29 is 0 Å². The van der Waals surface area contributed by atoms with Crippen molar-refractivity contribution in [2.75, 3.05) is 6.54 Å². The molecule has 0 bridgehead atoms. The second-order valence-corrected chi connectivity index (χ2v) is 5.00. The largest absolute Gasteiger partial charge is 0.305 e. The summed E-state index contributed by atoms with van der Waals surface area (Å²) < 4.78 is 1.98. The van der Waals surface area contributed by atoms with Crippen molar-refractivity contribution in [3.05, 3.63) is 41.0 Å². The van der Waals surface area contributed by atoms with Crippen LogP contribution in [0.2, 0.25) is 0 Å². The first-order valence-electron chi connectivity index (χ1n) is 7.23. The van der Waals surface area contributed by atoms with Crippen LogP contribution in [0.5, 0.6) is 0 Å². The second-order valence-electron chi connectivity index (χ2n) is 5.00. The number of rotatable bonds is 6. The summed E-state index contributed by atoms with van der Waals surface area (Å²) in [6.07, 6.45) is 2.89. The molecule has 2 heterocycles. The van der Waals surface area contributed by atoms with Crippen LogP contribution in [-0.2, 0) is 6.54 Å². The van der Waals surface area contributed by atoms with E-state index in [2.05, 4.69) is 53.5 Å². The number of aromatic nitrogens is 4. The summed E-state index contributed by atoms with van der Waals surface area (Å²) in [4.78, 5) is 4.57. The fraction of sp³-hybridized carbons (Fsp3) is 0.533. The minimum atomic E-state index is 0.0923. The fourth-order valence-electron chi connectivity index (χ4n) is 2.46. The van der Waals surface area contributed by atoms with Gasteiger partial charge in [-0.15, -0.1) is 5.10 Å². The highest BCUT2D eigenvalue weighted by Crippen LogP contribution is 2.23. The number of nitrogens with one attached hydrogen (secondary N) is 1. The maximum atomic E-state index is 4.57. The third-order valence-corrected chi connectivity index (χ3v) is 3.36. The van der Waals surface area contributed by atoms with E-state index in [1.165, 1.54) is 5.56 Å². The summed E-state index contributed by atoms with van der Waals surface area (Å²) in [5, 5.41) is 11.8. The first-order valence-corrected chi connectivity index (χ1v) is 7.23. The van der Waals surface area contributed by atoms with Crippen molar-refractivity contribution in [1.82, 2.24) is 25.3 Å². The van der Waals surface area contributed by atoms with Gasteiger partial charge in [0, 0.05) is 17.9 Å². The molecular formula is C15H23N5. The Hall–Kier alpha value is -1.75. The molecule has 0 radical (unpaired) electrons. The summed E-state index contributed by atoms with van der Waals surface area (Å²) in [6, 6.07) is 4.30. The lowest BCUT2D eigenvalue weighted by Gasteiger charge is -2.20. The molecule has 1 unspecified atom stereocenters. The first kappa shape index (κ1) is 14.7. The highest BCUT2D eigenvalue weighted by atomic mass is 15.4. The Morgan fingerprint density at radius 2 is 2.05 bits per heavy atom. The third-order valence-electron chi connectivity index (χ3n) is 3.36. The van der Waals surface area contributed by atoms with Crippen molar-refractivity contribution in [3.8, 4) is 0 Å². The number of aryl methyl sites for hydroxylation is 3. The molecule has 5 nitrogen and oxygen atoms in total. The molecule has 0 aliphatic rings. The Bertz CT molecular complexity index is 561. The van der Waals surface area contributed by atoms with Gasteiger partial charge in [-0.2, -0.15) is 0 Å². The lowest BCUT2D eigenvalue weighted by Crippen LogP contribution is -2.26. The Labute approximate surface area is 120 Å². The Kier molecular flexibility index (Phi) is 4.84. The van der Waals surface area contributed by atoms with Gasteiger partial charge in [0.1, 0.15) is 0 Å². The van der Waals surface area contributed by atoms with Gasteiger partial charge in [-0.25, -0.2) is 4.68 Å². The molecule has 5 heteroatoms. The van der Waals surface area contributed by atoms with E-state index in [0.29, 0.717) is 0 Å². The molecule has 0 aliphatic carbocycles. The predicted molar refractivity (Wildman–Crippen MR) is 79.5 cm³/mol. The minimum absolute atomic E-state index is 0.0923. The lowest BCUT2D eigenvalue weighted by atomic mass is 10.0. The average Bonchev–Trinajstić information content (AvgIpc) is 2.85. The van der Waals surface area contributed by atoms with Crippen LogP contribution in [0.1, 0.15) is 49.0 Å². The van der Waals surface area contributed by atoms with Crippen LogP contribution in [0.4, 0.5) is 0 Å². The molecule has 20 heavy (non-hydrogen) atoms. The maximum absolute atomic E-state index is 4.57. The van der Waals surface area contributed by atoms with E-state index in [1.807, 2.05) is 17.8 Å². The van der Waals surface area contributed by atoms with Crippen molar-refractivity contribution in [2.45, 2.75) is 46.7 Å². The van der Waals surface area contributed by atoms with Gasteiger partial charge in [-0.1, -0.05) is 25.1 Å². The van der Waals surface area contributed by atoms with Crippen LogP contribution in [-0.4, -0.2) is 26.5 Å². The fourth-order valence-corrected chi connectivity index (χ4v) is 2.46. The van der Waals surface area contributed by atoms with Gasteiger partial charge >= 0.3 is 0 Å². The second kappa shape index (κ2) is 6.61. The van der Waals surface area contributed by atoms with Crippen molar-refractivity contribution in [1.29, 1.82) is 0 Å². The number of hydrogen-bond donors (Lipinski definition) is 1. The van der Waals surface area contributed by atoms with Gasteiger partial charge in [0.05, 0.1) is 17.9 Å². The van der Waals surface area contributed by atoms with E-state index in [4.69, 9.17) is 0 Å². The molecule has 108 valence electrons.